The van der Waals surface area contributed by atoms with E-state index in [-0.39, 0.29) is 38.7 Å². The van der Waals surface area contributed by atoms with E-state index in [1.807, 2.05) is 0 Å². The second-order valence-corrected chi connectivity index (χ2v) is 9.98. The van der Waals surface area contributed by atoms with Crippen molar-refractivity contribution in [3.8, 4) is 11.5 Å². The van der Waals surface area contributed by atoms with E-state index in [1.165, 1.54) is 36.4 Å². The highest BCUT2D eigenvalue weighted by Crippen LogP contribution is 2.34. The molecule has 1 fully saturated rings. The zero-order chi connectivity index (χ0) is 22.6. The number of hydrogen-bond donors (Lipinski definition) is 1. The summed E-state index contributed by atoms with van der Waals surface area (Å²) >= 11 is 0.943. The number of benzene rings is 2. The lowest BCUT2D eigenvalue weighted by Crippen LogP contribution is -2.32. The Morgan fingerprint density at radius 2 is 1.91 bits per heavy atom. The van der Waals surface area contributed by atoms with Gasteiger partial charge in [-0.15, -0.1) is 0 Å². The number of hydrogen-bond acceptors (Lipinski definition) is 7. The second kappa shape index (κ2) is 9.85. The summed E-state index contributed by atoms with van der Waals surface area (Å²) in [5.74, 6) is -0.729. The lowest BCUT2D eigenvalue weighted by Gasteiger charge is -2.10. The van der Waals surface area contributed by atoms with Crippen molar-refractivity contribution in [2.45, 2.75) is 34.0 Å². The highest BCUT2D eigenvalue weighted by molar-refractivity contribution is 8.00. The number of halogens is 1. The van der Waals surface area contributed by atoms with E-state index in [4.69, 9.17) is 9.15 Å². The van der Waals surface area contributed by atoms with Crippen LogP contribution in [-0.4, -0.2) is 44.3 Å². The maximum atomic E-state index is 13.3. The Balaban J connectivity index is 1.57. The van der Waals surface area contributed by atoms with Crippen molar-refractivity contribution in [3.63, 3.8) is 0 Å². The Morgan fingerprint density at radius 3 is 2.59 bits per heavy atom. The molecule has 2 aromatic carbocycles. The van der Waals surface area contributed by atoms with Gasteiger partial charge in [0.05, 0.1) is 16.8 Å². The van der Waals surface area contributed by atoms with E-state index in [1.54, 1.807) is 18.2 Å². The standard InChI is InChI=1S/C22H21FN2O5S2/c23-16-10-8-15(9-11-16)20-25-21(32(27,28)18-6-2-1-3-7-18)22(30-20)31-14-19(26)24-13-17-5-4-12-29-17/h1-3,6-11,17H,4-5,12-14H2,(H,24,26)/t17-/m0/s1. The highest BCUT2D eigenvalue weighted by atomic mass is 32.2. The number of sulfone groups is 1. The molecule has 1 N–H and O–H groups in total. The minimum atomic E-state index is -3.99. The van der Waals surface area contributed by atoms with Gasteiger partial charge in [0, 0.05) is 18.7 Å². The molecular formula is C22H21FN2O5S2. The van der Waals surface area contributed by atoms with Crippen LogP contribution >= 0.6 is 11.8 Å². The Labute approximate surface area is 189 Å². The van der Waals surface area contributed by atoms with Crippen molar-refractivity contribution < 1.29 is 26.8 Å². The number of carbonyl (C=O) groups excluding carboxylic acids is 1. The first-order valence-corrected chi connectivity index (χ1v) is 12.5. The van der Waals surface area contributed by atoms with Crippen molar-refractivity contribution in [2.24, 2.45) is 0 Å². The van der Waals surface area contributed by atoms with Crippen LogP contribution in [0.25, 0.3) is 11.5 Å². The molecule has 0 radical (unpaired) electrons. The molecule has 1 aromatic heterocycles. The smallest absolute Gasteiger partial charge is 0.230 e. The van der Waals surface area contributed by atoms with Gasteiger partial charge in [0.1, 0.15) is 5.82 Å². The molecule has 0 aliphatic carbocycles. The Bertz CT molecular complexity index is 1170. The van der Waals surface area contributed by atoms with E-state index in [9.17, 15) is 17.6 Å². The molecule has 32 heavy (non-hydrogen) atoms. The summed E-state index contributed by atoms with van der Waals surface area (Å²) in [7, 11) is -3.99. The van der Waals surface area contributed by atoms with E-state index >= 15 is 0 Å². The summed E-state index contributed by atoms with van der Waals surface area (Å²) in [5.41, 5.74) is 0.422. The molecule has 1 aliphatic heterocycles. The molecule has 1 amide bonds. The number of oxazole rings is 1. The number of amides is 1. The van der Waals surface area contributed by atoms with E-state index in [0.29, 0.717) is 18.7 Å². The summed E-state index contributed by atoms with van der Waals surface area (Å²) in [6.45, 7) is 1.10. The number of carbonyl (C=O) groups is 1. The fourth-order valence-corrected chi connectivity index (χ4v) is 5.58. The first kappa shape index (κ1) is 22.5. The molecule has 1 aliphatic rings. The number of ether oxygens (including phenoxy) is 1. The first-order valence-electron chi connectivity index (χ1n) is 10.0. The second-order valence-electron chi connectivity index (χ2n) is 7.16. The Hall–Kier alpha value is -2.69. The van der Waals surface area contributed by atoms with Crippen LogP contribution in [0.4, 0.5) is 4.39 Å². The third-order valence-corrected chi connectivity index (χ3v) is 7.60. The van der Waals surface area contributed by atoms with Crippen molar-refractivity contribution >= 4 is 27.5 Å². The molecule has 3 aromatic rings. The van der Waals surface area contributed by atoms with Crippen LogP contribution < -0.4 is 5.32 Å². The van der Waals surface area contributed by atoms with Gasteiger partial charge in [-0.2, -0.15) is 4.98 Å². The molecule has 7 nitrogen and oxygen atoms in total. The Kier molecular flexibility index (Phi) is 6.92. The van der Waals surface area contributed by atoms with Crippen LogP contribution in [0.15, 0.2) is 74.0 Å². The quantitative estimate of drug-likeness (QED) is 0.495. The molecule has 0 saturated carbocycles. The van der Waals surface area contributed by atoms with Gasteiger partial charge < -0.3 is 14.5 Å². The third-order valence-electron chi connectivity index (χ3n) is 4.85. The van der Waals surface area contributed by atoms with Crippen LogP contribution in [0, 0.1) is 5.82 Å². The van der Waals surface area contributed by atoms with Gasteiger partial charge in [-0.25, -0.2) is 12.8 Å². The van der Waals surface area contributed by atoms with Crippen LogP contribution in [0.2, 0.25) is 0 Å². The van der Waals surface area contributed by atoms with Crippen LogP contribution in [-0.2, 0) is 19.4 Å². The van der Waals surface area contributed by atoms with Gasteiger partial charge in [0.2, 0.25) is 31.8 Å². The van der Waals surface area contributed by atoms with E-state index in [0.717, 1.165) is 24.6 Å². The van der Waals surface area contributed by atoms with Crippen LogP contribution in [0.3, 0.4) is 0 Å². The summed E-state index contributed by atoms with van der Waals surface area (Å²) in [6.07, 6.45) is 1.88. The highest BCUT2D eigenvalue weighted by Gasteiger charge is 2.29. The molecule has 0 spiro atoms. The average Bonchev–Trinajstić information content (AvgIpc) is 3.48. The topological polar surface area (TPSA) is 98.5 Å². The minimum absolute atomic E-state index is 0.000412. The maximum Gasteiger partial charge on any atom is 0.230 e. The summed E-state index contributed by atoms with van der Waals surface area (Å²) in [5, 5.41) is 2.51. The van der Waals surface area contributed by atoms with E-state index in [2.05, 4.69) is 10.3 Å². The molecule has 4 rings (SSSR count). The third kappa shape index (κ3) is 5.20. The van der Waals surface area contributed by atoms with Crippen molar-refractivity contribution in [3.05, 3.63) is 60.4 Å². The molecule has 10 heteroatoms. The Morgan fingerprint density at radius 1 is 1.16 bits per heavy atom. The van der Waals surface area contributed by atoms with Gasteiger partial charge in [-0.05, 0) is 49.2 Å². The number of rotatable bonds is 8. The maximum absolute atomic E-state index is 13.3. The number of thioether (sulfide) groups is 1. The molecule has 1 saturated heterocycles. The van der Waals surface area contributed by atoms with Crippen LogP contribution in [0.5, 0.6) is 0 Å². The first-order chi connectivity index (χ1) is 15.4. The summed E-state index contributed by atoms with van der Waals surface area (Å²) < 4.78 is 50.9. The minimum Gasteiger partial charge on any atom is -0.428 e. The zero-order valence-electron chi connectivity index (χ0n) is 17.0. The molecule has 168 valence electrons. The van der Waals surface area contributed by atoms with Crippen molar-refractivity contribution in [1.82, 2.24) is 10.3 Å². The van der Waals surface area contributed by atoms with Gasteiger partial charge >= 0.3 is 0 Å². The molecule has 0 bridgehead atoms. The molecule has 0 unspecified atom stereocenters. The van der Waals surface area contributed by atoms with Gasteiger partial charge in [-0.3, -0.25) is 4.79 Å². The number of nitrogens with one attached hydrogen (secondary N) is 1. The van der Waals surface area contributed by atoms with Gasteiger partial charge in [0.15, 0.2) is 0 Å². The predicted molar refractivity (Wildman–Crippen MR) is 116 cm³/mol. The fourth-order valence-electron chi connectivity index (χ4n) is 3.20. The van der Waals surface area contributed by atoms with Crippen molar-refractivity contribution in [1.29, 1.82) is 0 Å². The predicted octanol–water partition coefficient (Wildman–Crippen LogP) is 3.70. The molecule has 1 atom stereocenters. The van der Waals surface area contributed by atoms with Gasteiger partial charge in [-0.1, -0.05) is 30.0 Å². The lowest BCUT2D eigenvalue weighted by molar-refractivity contribution is -0.119. The monoisotopic (exact) mass is 476 g/mol. The average molecular weight is 477 g/mol. The number of aromatic nitrogens is 1. The zero-order valence-corrected chi connectivity index (χ0v) is 18.6. The summed E-state index contributed by atoms with van der Waals surface area (Å²) in [6, 6.07) is 13.2. The SMILES string of the molecule is O=C(CSc1oc(-c2ccc(F)cc2)nc1S(=O)(=O)c1ccccc1)NC[C@@H]1CCCO1. The molecular weight excluding hydrogens is 455 g/mol. The normalized spacial score (nSPS) is 16.2. The van der Waals surface area contributed by atoms with Crippen molar-refractivity contribution in [2.75, 3.05) is 18.9 Å². The lowest BCUT2D eigenvalue weighted by atomic mass is 10.2. The summed E-state index contributed by atoms with van der Waals surface area (Å²) in [4.78, 5) is 16.5. The van der Waals surface area contributed by atoms with Crippen LogP contribution in [0.1, 0.15) is 12.8 Å². The fraction of sp³-hybridized carbons (Fsp3) is 0.273. The van der Waals surface area contributed by atoms with E-state index < -0.39 is 15.7 Å². The largest absolute Gasteiger partial charge is 0.428 e. The van der Waals surface area contributed by atoms with Gasteiger partial charge in [0.25, 0.3) is 0 Å². The number of nitrogens with zero attached hydrogens (tertiary/aromatic N) is 1. The molecule has 2 heterocycles.